The van der Waals surface area contributed by atoms with Crippen LogP contribution in [0.1, 0.15) is 19.3 Å². The molecule has 4 N–H and O–H groups in total. The zero-order chi connectivity index (χ0) is 13.9. The topological polar surface area (TPSA) is 106 Å². The van der Waals surface area contributed by atoms with Gasteiger partial charge in [-0.2, -0.15) is 0 Å². The average molecular weight is 286 g/mol. The van der Waals surface area contributed by atoms with Crippen molar-refractivity contribution in [3.8, 4) is 0 Å². The summed E-state index contributed by atoms with van der Waals surface area (Å²) < 4.78 is 32.4. The Morgan fingerprint density at radius 2 is 2.26 bits per heavy atom. The second-order valence-corrected chi connectivity index (χ2v) is 6.19. The minimum atomic E-state index is -3.63. The number of nitrogen functional groups attached to an aromatic ring is 1. The Morgan fingerprint density at radius 1 is 1.47 bits per heavy atom. The fourth-order valence-electron chi connectivity index (χ4n) is 2.26. The zero-order valence-corrected chi connectivity index (χ0v) is 11.5. The lowest BCUT2D eigenvalue weighted by molar-refractivity contribution is 0.107. The summed E-state index contributed by atoms with van der Waals surface area (Å²) in [4.78, 5) is 3.88. The van der Waals surface area contributed by atoms with Gasteiger partial charge < -0.3 is 10.2 Å². The van der Waals surface area contributed by atoms with Crippen LogP contribution < -0.4 is 16.0 Å². The third kappa shape index (κ3) is 3.21. The van der Waals surface area contributed by atoms with Crippen molar-refractivity contribution in [2.45, 2.75) is 36.3 Å². The van der Waals surface area contributed by atoms with Crippen molar-refractivity contribution in [3.63, 3.8) is 0 Å². The van der Waals surface area contributed by atoms with E-state index in [1.807, 2.05) is 0 Å². The molecule has 2 unspecified atom stereocenters. The highest BCUT2D eigenvalue weighted by atomic mass is 32.2. The summed E-state index contributed by atoms with van der Waals surface area (Å²) in [5, 5.41) is 0. The lowest BCUT2D eigenvalue weighted by Crippen LogP contribution is -2.34. The predicted molar refractivity (Wildman–Crippen MR) is 70.8 cm³/mol. The number of anilines is 1. The molecular formula is C11H18N4O3S. The number of hydrogen-bond donors (Lipinski definition) is 3. The van der Waals surface area contributed by atoms with E-state index in [0.717, 1.165) is 12.8 Å². The molecule has 106 valence electrons. The van der Waals surface area contributed by atoms with Gasteiger partial charge in [0.25, 0.3) is 0 Å². The number of nitrogens with two attached hydrogens (primary N) is 1. The molecule has 8 heteroatoms. The minimum absolute atomic E-state index is 0.0540. The number of nitrogens with zero attached hydrogens (tertiary/aromatic N) is 1. The Kier molecular flexibility index (Phi) is 4.35. The molecule has 19 heavy (non-hydrogen) atoms. The molecule has 1 aliphatic carbocycles. The van der Waals surface area contributed by atoms with Gasteiger partial charge in [0.1, 0.15) is 4.90 Å². The van der Waals surface area contributed by atoms with Gasteiger partial charge in [-0.15, -0.1) is 0 Å². The number of hydrogen-bond acceptors (Lipinski definition) is 6. The van der Waals surface area contributed by atoms with E-state index in [-0.39, 0.29) is 17.0 Å². The molecule has 1 saturated carbocycles. The fraction of sp³-hybridized carbons (Fsp3) is 0.545. The molecule has 2 rings (SSSR count). The average Bonchev–Trinajstić information content (AvgIpc) is 2.85. The Bertz CT molecular complexity index is 534. The Hall–Kier alpha value is -1.22. The number of pyridine rings is 1. The van der Waals surface area contributed by atoms with E-state index < -0.39 is 10.0 Å². The predicted octanol–water partition coefficient (Wildman–Crippen LogP) is 0.213. The smallest absolute Gasteiger partial charge is 0.244 e. The number of hydrazine groups is 1. The highest BCUT2D eigenvalue weighted by Gasteiger charge is 2.29. The number of ether oxygens (including phenoxy) is 1. The van der Waals surface area contributed by atoms with E-state index in [1.165, 1.54) is 18.5 Å². The normalized spacial score (nSPS) is 23.5. The number of rotatable bonds is 5. The summed E-state index contributed by atoms with van der Waals surface area (Å²) >= 11 is 0. The SMILES string of the molecule is COC1CCC(NS(=O)(=O)c2cnccc2NN)C1. The van der Waals surface area contributed by atoms with Crippen LogP contribution in [-0.4, -0.2) is 32.7 Å². The third-order valence-corrected chi connectivity index (χ3v) is 4.82. The van der Waals surface area contributed by atoms with Crippen LogP contribution in [0.15, 0.2) is 23.4 Å². The molecule has 1 aromatic rings. The first-order valence-corrected chi connectivity index (χ1v) is 7.51. The van der Waals surface area contributed by atoms with Gasteiger partial charge in [0.05, 0.1) is 11.8 Å². The van der Waals surface area contributed by atoms with E-state index in [9.17, 15) is 8.42 Å². The molecular weight excluding hydrogens is 268 g/mol. The number of sulfonamides is 1. The van der Waals surface area contributed by atoms with Crippen molar-refractivity contribution in [2.24, 2.45) is 5.84 Å². The van der Waals surface area contributed by atoms with Crippen molar-refractivity contribution < 1.29 is 13.2 Å². The maximum absolute atomic E-state index is 12.3. The van der Waals surface area contributed by atoms with Gasteiger partial charge in [-0.05, 0) is 25.3 Å². The molecule has 1 heterocycles. The largest absolute Gasteiger partial charge is 0.381 e. The molecule has 0 aromatic carbocycles. The molecule has 1 aromatic heterocycles. The van der Waals surface area contributed by atoms with Crippen LogP contribution in [0.2, 0.25) is 0 Å². The Balaban J connectivity index is 2.15. The molecule has 1 aliphatic rings. The molecule has 0 radical (unpaired) electrons. The lowest BCUT2D eigenvalue weighted by Gasteiger charge is -2.15. The third-order valence-electron chi connectivity index (χ3n) is 3.27. The van der Waals surface area contributed by atoms with Crippen LogP contribution >= 0.6 is 0 Å². The van der Waals surface area contributed by atoms with Gasteiger partial charge in [-0.3, -0.25) is 10.8 Å². The summed E-state index contributed by atoms with van der Waals surface area (Å²) in [5.74, 6) is 5.31. The summed E-state index contributed by atoms with van der Waals surface area (Å²) in [6.07, 6.45) is 5.18. The molecule has 0 bridgehead atoms. The van der Waals surface area contributed by atoms with Crippen molar-refractivity contribution in [2.75, 3.05) is 12.5 Å². The minimum Gasteiger partial charge on any atom is -0.381 e. The maximum atomic E-state index is 12.3. The van der Waals surface area contributed by atoms with Gasteiger partial charge in [0.2, 0.25) is 10.0 Å². The number of nitrogens with one attached hydrogen (secondary N) is 2. The van der Waals surface area contributed by atoms with Gasteiger partial charge in [0, 0.05) is 25.5 Å². The molecule has 1 fully saturated rings. The van der Waals surface area contributed by atoms with Gasteiger partial charge >= 0.3 is 0 Å². The zero-order valence-electron chi connectivity index (χ0n) is 10.7. The second-order valence-electron chi connectivity index (χ2n) is 4.51. The lowest BCUT2D eigenvalue weighted by atomic mass is 10.3. The molecule has 0 saturated heterocycles. The molecule has 2 atom stereocenters. The highest BCUT2D eigenvalue weighted by Crippen LogP contribution is 2.25. The maximum Gasteiger partial charge on any atom is 0.244 e. The van der Waals surface area contributed by atoms with Crippen LogP contribution in [0.3, 0.4) is 0 Å². The van der Waals surface area contributed by atoms with Crippen LogP contribution in [0, 0.1) is 0 Å². The van der Waals surface area contributed by atoms with E-state index in [2.05, 4.69) is 15.1 Å². The number of methoxy groups -OCH3 is 1. The molecule has 0 spiro atoms. The van der Waals surface area contributed by atoms with Crippen LogP contribution in [0.5, 0.6) is 0 Å². The summed E-state index contributed by atoms with van der Waals surface area (Å²) in [6.45, 7) is 0. The van der Waals surface area contributed by atoms with Gasteiger partial charge in [-0.1, -0.05) is 0 Å². The van der Waals surface area contributed by atoms with E-state index >= 15 is 0 Å². The number of aromatic nitrogens is 1. The van der Waals surface area contributed by atoms with Crippen molar-refractivity contribution in [3.05, 3.63) is 18.5 Å². The quantitative estimate of drug-likeness (QED) is 0.528. The van der Waals surface area contributed by atoms with Crippen molar-refractivity contribution >= 4 is 15.7 Å². The van der Waals surface area contributed by atoms with Crippen LogP contribution in [0.25, 0.3) is 0 Å². The monoisotopic (exact) mass is 286 g/mol. The van der Waals surface area contributed by atoms with E-state index in [1.54, 1.807) is 7.11 Å². The Labute approximate surface area is 112 Å². The van der Waals surface area contributed by atoms with Crippen LogP contribution in [-0.2, 0) is 14.8 Å². The molecule has 0 aliphatic heterocycles. The first kappa shape index (κ1) is 14.2. The standard InChI is InChI=1S/C11H18N4O3S/c1-18-9-3-2-8(6-9)15-19(16,17)11-7-13-5-4-10(11)14-12/h4-5,7-9,15H,2-3,6,12H2,1H3,(H,13,14). The van der Waals surface area contributed by atoms with E-state index in [0.29, 0.717) is 12.1 Å². The van der Waals surface area contributed by atoms with Gasteiger partial charge in [0.15, 0.2) is 0 Å². The van der Waals surface area contributed by atoms with Crippen LogP contribution in [0.4, 0.5) is 5.69 Å². The first-order chi connectivity index (χ1) is 9.06. The molecule has 0 amide bonds. The van der Waals surface area contributed by atoms with Gasteiger partial charge in [-0.25, -0.2) is 13.1 Å². The fourth-order valence-corrected chi connectivity index (χ4v) is 3.65. The summed E-state index contributed by atoms with van der Waals surface area (Å²) in [7, 11) is -1.99. The summed E-state index contributed by atoms with van der Waals surface area (Å²) in [6, 6.07) is 1.40. The van der Waals surface area contributed by atoms with Crippen molar-refractivity contribution in [1.29, 1.82) is 0 Å². The summed E-state index contributed by atoms with van der Waals surface area (Å²) in [5.41, 5.74) is 2.69. The van der Waals surface area contributed by atoms with Crippen molar-refractivity contribution in [1.82, 2.24) is 9.71 Å². The first-order valence-electron chi connectivity index (χ1n) is 6.02. The second kappa shape index (κ2) is 5.83. The molecule has 7 nitrogen and oxygen atoms in total. The van der Waals surface area contributed by atoms with E-state index in [4.69, 9.17) is 10.6 Å². The highest BCUT2D eigenvalue weighted by molar-refractivity contribution is 7.89. The Morgan fingerprint density at radius 3 is 2.89 bits per heavy atom.